The number of amides is 1. The van der Waals surface area contributed by atoms with Gasteiger partial charge in [-0.25, -0.2) is 0 Å². The van der Waals surface area contributed by atoms with E-state index >= 15 is 0 Å². The average Bonchev–Trinajstić information content (AvgIpc) is 2.83. The number of hydrogen-bond acceptors (Lipinski definition) is 6. The van der Waals surface area contributed by atoms with E-state index in [1.54, 1.807) is 18.2 Å². The molecule has 0 bridgehead atoms. The van der Waals surface area contributed by atoms with Gasteiger partial charge < -0.3 is 9.80 Å². The summed E-state index contributed by atoms with van der Waals surface area (Å²) in [7, 11) is 0. The lowest BCUT2D eigenvalue weighted by Crippen LogP contribution is -2.56. The van der Waals surface area contributed by atoms with Gasteiger partial charge in [0.1, 0.15) is 0 Å². The Bertz CT molecular complexity index is 1010. The van der Waals surface area contributed by atoms with Gasteiger partial charge in [0, 0.05) is 64.0 Å². The summed E-state index contributed by atoms with van der Waals surface area (Å²) in [6, 6.07) is 9.44. The van der Waals surface area contributed by atoms with E-state index in [0.29, 0.717) is 25.5 Å². The third-order valence-electron chi connectivity index (χ3n) is 7.47. The molecule has 35 heavy (non-hydrogen) atoms. The molecule has 0 unspecified atom stereocenters. The van der Waals surface area contributed by atoms with Crippen LogP contribution in [0.15, 0.2) is 36.4 Å². The van der Waals surface area contributed by atoms with Gasteiger partial charge in [-0.2, -0.15) is 13.2 Å². The van der Waals surface area contributed by atoms with E-state index < -0.39 is 11.7 Å². The number of halogens is 3. The minimum absolute atomic E-state index is 0.0240. The summed E-state index contributed by atoms with van der Waals surface area (Å²) in [6.45, 7) is 6.85. The van der Waals surface area contributed by atoms with Gasteiger partial charge in [-0.3, -0.25) is 14.6 Å². The second kappa shape index (κ2) is 10.1. The molecule has 10 heteroatoms. The Hall–Kier alpha value is -2.72. The molecule has 2 aromatic rings. The molecule has 2 saturated heterocycles. The summed E-state index contributed by atoms with van der Waals surface area (Å²) < 4.78 is 40.0. The Labute approximate surface area is 203 Å². The summed E-state index contributed by atoms with van der Waals surface area (Å²) in [5.74, 6) is 0.829. The first-order valence-corrected chi connectivity index (χ1v) is 12.4. The summed E-state index contributed by atoms with van der Waals surface area (Å²) in [5.41, 5.74) is -0.496. The largest absolute Gasteiger partial charge is 0.417 e. The zero-order valence-corrected chi connectivity index (χ0v) is 19.8. The van der Waals surface area contributed by atoms with Crippen molar-refractivity contribution in [1.29, 1.82) is 0 Å². The summed E-state index contributed by atoms with van der Waals surface area (Å²) in [6.07, 6.45) is -0.523. The standard InChI is InChI=1S/C25H31F3N6O/c26-25(27,28)21-7-2-1-6-20(21)22-8-9-23(30-29-22)33-12-10-31(11-13-33)18-24(35)34-16-14-32(15-17-34)19-4-3-5-19/h1-2,6-9,19H,3-5,10-18H2. The highest BCUT2D eigenvalue weighted by Crippen LogP contribution is 2.36. The fraction of sp³-hybridized carbons (Fsp3) is 0.560. The molecule has 2 aliphatic heterocycles. The van der Waals surface area contributed by atoms with Crippen LogP contribution in [0, 0.1) is 0 Å². The SMILES string of the molecule is O=C(CN1CCN(c2ccc(-c3ccccc3C(F)(F)F)nn2)CC1)N1CCN(C2CCC2)CC1. The number of rotatable bonds is 5. The number of anilines is 1. The van der Waals surface area contributed by atoms with Crippen LogP contribution >= 0.6 is 0 Å². The molecule has 0 radical (unpaired) electrons. The van der Waals surface area contributed by atoms with Crippen LogP contribution in [-0.2, 0) is 11.0 Å². The summed E-state index contributed by atoms with van der Waals surface area (Å²) >= 11 is 0. The molecule has 3 fully saturated rings. The lowest BCUT2D eigenvalue weighted by atomic mass is 9.91. The van der Waals surface area contributed by atoms with E-state index in [1.165, 1.54) is 31.4 Å². The molecule has 1 aromatic carbocycles. The number of alkyl halides is 3. The molecule has 1 aliphatic carbocycles. The predicted molar refractivity (Wildman–Crippen MR) is 127 cm³/mol. The van der Waals surface area contributed by atoms with Crippen molar-refractivity contribution in [3.63, 3.8) is 0 Å². The highest BCUT2D eigenvalue weighted by molar-refractivity contribution is 5.78. The number of carbonyl (C=O) groups is 1. The molecule has 1 aromatic heterocycles. The smallest absolute Gasteiger partial charge is 0.353 e. The van der Waals surface area contributed by atoms with Crippen molar-refractivity contribution >= 4 is 11.7 Å². The zero-order valence-electron chi connectivity index (χ0n) is 19.8. The van der Waals surface area contributed by atoms with Crippen LogP contribution in [-0.4, -0.2) is 95.7 Å². The Balaban J connectivity index is 1.12. The predicted octanol–water partition coefficient (Wildman–Crippen LogP) is 2.98. The van der Waals surface area contributed by atoms with Gasteiger partial charge in [0.15, 0.2) is 5.82 Å². The first kappa shape index (κ1) is 24.0. The zero-order chi connectivity index (χ0) is 24.4. The van der Waals surface area contributed by atoms with Crippen LogP contribution in [0.4, 0.5) is 19.0 Å². The van der Waals surface area contributed by atoms with E-state index in [1.807, 2.05) is 4.90 Å². The number of nitrogens with zero attached hydrogens (tertiary/aromatic N) is 6. The molecule has 1 saturated carbocycles. The quantitative estimate of drug-likeness (QED) is 0.645. The first-order chi connectivity index (χ1) is 16.9. The number of carbonyl (C=O) groups excluding carboxylic acids is 1. The maximum atomic E-state index is 13.3. The van der Waals surface area contributed by atoms with Crippen molar-refractivity contribution in [2.75, 3.05) is 63.8 Å². The van der Waals surface area contributed by atoms with Gasteiger partial charge >= 0.3 is 6.18 Å². The van der Waals surface area contributed by atoms with Crippen molar-refractivity contribution in [3.05, 3.63) is 42.0 Å². The van der Waals surface area contributed by atoms with Crippen LogP contribution in [0.3, 0.4) is 0 Å². The molecule has 0 atom stereocenters. The molecule has 0 N–H and O–H groups in total. The molecule has 188 valence electrons. The van der Waals surface area contributed by atoms with Gasteiger partial charge in [0.25, 0.3) is 0 Å². The maximum absolute atomic E-state index is 13.3. The molecule has 5 rings (SSSR count). The fourth-order valence-corrected chi connectivity index (χ4v) is 5.11. The van der Waals surface area contributed by atoms with Crippen LogP contribution in [0.25, 0.3) is 11.3 Å². The Morgan fingerprint density at radius 2 is 1.60 bits per heavy atom. The molecule has 1 amide bonds. The van der Waals surface area contributed by atoms with Gasteiger partial charge in [0.05, 0.1) is 17.8 Å². The maximum Gasteiger partial charge on any atom is 0.417 e. The molecular formula is C25H31F3N6O. The summed E-state index contributed by atoms with van der Waals surface area (Å²) in [5, 5.41) is 8.29. The van der Waals surface area contributed by atoms with Crippen molar-refractivity contribution in [3.8, 4) is 11.3 Å². The van der Waals surface area contributed by atoms with Crippen LogP contribution in [0.5, 0.6) is 0 Å². The normalized spacial score (nSPS) is 20.7. The fourth-order valence-electron chi connectivity index (χ4n) is 5.11. The van der Waals surface area contributed by atoms with Crippen molar-refractivity contribution in [2.45, 2.75) is 31.5 Å². The van der Waals surface area contributed by atoms with E-state index in [9.17, 15) is 18.0 Å². The van der Waals surface area contributed by atoms with Gasteiger partial charge in [-0.05, 0) is 31.0 Å². The van der Waals surface area contributed by atoms with E-state index in [0.717, 1.165) is 51.4 Å². The minimum Gasteiger partial charge on any atom is -0.353 e. The van der Waals surface area contributed by atoms with E-state index in [4.69, 9.17) is 0 Å². The van der Waals surface area contributed by atoms with Crippen molar-refractivity contribution < 1.29 is 18.0 Å². The van der Waals surface area contributed by atoms with Gasteiger partial charge in [-0.15, -0.1) is 10.2 Å². The number of hydrogen-bond donors (Lipinski definition) is 0. The average molecular weight is 489 g/mol. The second-order valence-electron chi connectivity index (χ2n) is 9.58. The third kappa shape index (κ3) is 5.43. The Morgan fingerprint density at radius 1 is 0.886 bits per heavy atom. The van der Waals surface area contributed by atoms with E-state index in [-0.39, 0.29) is 17.2 Å². The minimum atomic E-state index is -4.45. The highest BCUT2D eigenvalue weighted by Gasteiger charge is 2.34. The molecule has 3 heterocycles. The van der Waals surface area contributed by atoms with E-state index in [2.05, 4.69) is 24.9 Å². The van der Waals surface area contributed by atoms with Gasteiger partial charge in [-0.1, -0.05) is 24.6 Å². The topological polar surface area (TPSA) is 55.8 Å². The van der Waals surface area contributed by atoms with Crippen molar-refractivity contribution in [2.24, 2.45) is 0 Å². The first-order valence-electron chi connectivity index (χ1n) is 12.4. The third-order valence-corrected chi connectivity index (χ3v) is 7.47. The van der Waals surface area contributed by atoms with Gasteiger partial charge in [0.2, 0.25) is 5.91 Å². The molecular weight excluding hydrogens is 457 g/mol. The number of aromatic nitrogens is 2. The van der Waals surface area contributed by atoms with Crippen LogP contribution < -0.4 is 4.90 Å². The molecule has 0 spiro atoms. The van der Waals surface area contributed by atoms with Crippen molar-refractivity contribution in [1.82, 2.24) is 24.9 Å². The number of benzene rings is 1. The second-order valence-corrected chi connectivity index (χ2v) is 9.58. The molecule has 7 nitrogen and oxygen atoms in total. The Kier molecular flexibility index (Phi) is 6.93. The lowest BCUT2D eigenvalue weighted by molar-refractivity contribution is -0.137. The molecule has 3 aliphatic rings. The summed E-state index contributed by atoms with van der Waals surface area (Å²) in [4.78, 5) is 21.5. The number of piperazine rings is 2. The highest BCUT2D eigenvalue weighted by atomic mass is 19.4. The van der Waals surface area contributed by atoms with Crippen LogP contribution in [0.1, 0.15) is 24.8 Å². The van der Waals surface area contributed by atoms with Crippen LogP contribution in [0.2, 0.25) is 0 Å². The lowest BCUT2D eigenvalue weighted by Gasteiger charge is -2.43. The monoisotopic (exact) mass is 488 g/mol. The Morgan fingerprint density at radius 3 is 2.20 bits per heavy atom.